The molecule has 0 bridgehead atoms. The van der Waals surface area contributed by atoms with Crippen molar-refractivity contribution in [3.63, 3.8) is 0 Å². The van der Waals surface area contributed by atoms with Gasteiger partial charge in [0.25, 0.3) is 0 Å². The second kappa shape index (κ2) is 6.91. The van der Waals surface area contributed by atoms with E-state index in [0.717, 1.165) is 32.5 Å². The Labute approximate surface area is 150 Å². The molecule has 1 saturated heterocycles. The van der Waals surface area contributed by atoms with Crippen LogP contribution in [0.2, 0.25) is 0 Å². The lowest BCUT2D eigenvalue weighted by molar-refractivity contribution is -0.144. The summed E-state index contributed by atoms with van der Waals surface area (Å²) in [7, 11) is 0. The van der Waals surface area contributed by atoms with E-state index in [9.17, 15) is 0 Å². The summed E-state index contributed by atoms with van der Waals surface area (Å²) in [5, 5.41) is 0. The second-order valence-electron chi connectivity index (χ2n) is 6.97. The van der Waals surface area contributed by atoms with Gasteiger partial charge in [-0.3, -0.25) is 0 Å². The molecule has 0 radical (unpaired) electrons. The molecular weight excluding hydrogens is 310 g/mol. The Kier molecular flexibility index (Phi) is 4.63. The quantitative estimate of drug-likeness (QED) is 0.848. The fourth-order valence-electron chi connectivity index (χ4n) is 4.19. The molecule has 3 heteroatoms. The zero-order valence-electron chi connectivity index (χ0n) is 15.2. The second-order valence-corrected chi connectivity index (χ2v) is 6.97. The predicted octanol–water partition coefficient (Wildman–Crippen LogP) is 3.74. The highest BCUT2D eigenvalue weighted by atomic mass is 16.7. The van der Waals surface area contributed by atoms with Crippen LogP contribution >= 0.6 is 0 Å². The number of likely N-dealkylation sites (N-methyl/N-ethyl adjacent to an activating group) is 1. The van der Waals surface area contributed by atoms with Crippen LogP contribution in [0.15, 0.2) is 48.5 Å². The van der Waals surface area contributed by atoms with Crippen LogP contribution in [0.3, 0.4) is 0 Å². The highest BCUT2D eigenvalue weighted by molar-refractivity contribution is 5.46. The van der Waals surface area contributed by atoms with Crippen molar-refractivity contribution in [3.05, 3.63) is 70.8 Å². The maximum absolute atomic E-state index is 6.69. The van der Waals surface area contributed by atoms with Gasteiger partial charge in [-0.25, -0.2) is 0 Å². The number of hydrogen-bond acceptors (Lipinski definition) is 3. The van der Waals surface area contributed by atoms with E-state index >= 15 is 0 Å². The molecule has 1 spiro atoms. The largest absolute Gasteiger partial charge is 0.339 e. The molecule has 2 aromatic carbocycles. The topological polar surface area (TPSA) is 21.7 Å². The standard InChI is InChI=1S/C22H27NO2/c1-3-23(4-2)15-19-16-24-22(25-19)20-11-7-5-9-17(20)13-14-18-10-6-8-12-21(18)22/h5-12,19H,3-4,13-16H2,1-2H3. The molecule has 2 aliphatic rings. The van der Waals surface area contributed by atoms with E-state index in [4.69, 9.17) is 9.47 Å². The molecule has 0 amide bonds. The van der Waals surface area contributed by atoms with E-state index in [2.05, 4.69) is 67.3 Å². The van der Waals surface area contributed by atoms with Crippen LogP contribution in [0, 0.1) is 0 Å². The number of aryl methyl sites for hydroxylation is 2. The van der Waals surface area contributed by atoms with E-state index in [0.29, 0.717) is 6.61 Å². The highest BCUT2D eigenvalue weighted by Gasteiger charge is 2.48. The third-order valence-corrected chi connectivity index (χ3v) is 5.57. The summed E-state index contributed by atoms with van der Waals surface area (Å²) in [6, 6.07) is 17.2. The van der Waals surface area contributed by atoms with E-state index in [1.165, 1.54) is 22.3 Å². The maximum Gasteiger partial charge on any atom is 0.223 e. The minimum absolute atomic E-state index is 0.0964. The molecule has 1 aliphatic heterocycles. The molecule has 132 valence electrons. The Morgan fingerprint density at radius 2 is 1.48 bits per heavy atom. The summed E-state index contributed by atoms with van der Waals surface area (Å²) in [4.78, 5) is 2.40. The average molecular weight is 337 g/mol. The maximum atomic E-state index is 6.69. The van der Waals surface area contributed by atoms with Crippen LogP contribution in [-0.4, -0.2) is 37.2 Å². The molecule has 1 atom stereocenters. The van der Waals surface area contributed by atoms with Crippen LogP contribution in [0.25, 0.3) is 0 Å². The SMILES string of the molecule is CCN(CC)CC1COC2(O1)c1ccccc1CCc1ccccc12. The Morgan fingerprint density at radius 3 is 2.04 bits per heavy atom. The third kappa shape index (κ3) is 2.91. The van der Waals surface area contributed by atoms with Crippen LogP contribution in [0.5, 0.6) is 0 Å². The van der Waals surface area contributed by atoms with Gasteiger partial charge in [0.05, 0.1) is 12.7 Å². The number of nitrogens with zero attached hydrogens (tertiary/aromatic N) is 1. The first kappa shape index (κ1) is 16.8. The van der Waals surface area contributed by atoms with Gasteiger partial charge in [-0.15, -0.1) is 0 Å². The van der Waals surface area contributed by atoms with E-state index in [1.807, 2.05) is 0 Å². The third-order valence-electron chi connectivity index (χ3n) is 5.57. The van der Waals surface area contributed by atoms with Gasteiger partial charge >= 0.3 is 0 Å². The van der Waals surface area contributed by atoms with Crippen molar-refractivity contribution in [2.24, 2.45) is 0 Å². The number of ether oxygens (including phenoxy) is 2. The lowest BCUT2D eigenvalue weighted by Crippen LogP contribution is -2.36. The zero-order valence-corrected chi connectivity index (χ0v) is 15.2. The smallest absolute Gasteiger partial charge is 0.223 e. The van der Waals surface area contributed by atoms with Crippen molar-refractivity contribution < 1.29 is 9.47 Å². The first-order chi connectivity index (χ1) is 12.3. The summed E-state index contributed by atoms with van der Waals surface area (Å²) in [5.41, 5.74) is 5.04. The van der Waals surface area contributed by atoms with Crippen molar-refractivity contribution in [1.29, 1.82) is 0 Å². The van der Waals surface area contributed by atoms with E-state index in [1.54, 1.807) is 0 Å². The lowest BCUT2D eigenvalue weighted by Gasteiger charge is -2.31. The highest BCUT2D eigenvalue weighted by Crippen LogP contribution is 2.45. The first-order valence-electron chi connectivity index (χ1n) is 9.47. The van der Waals surface area contributed by atoms with Crippen molar-refractivity contribution in [2.45, 2.75) is 38.6 Å². The summed E-state index contributed by atoms with van der Waals surface area (Å²) in [6.07, 6.45) is 2.16. The molecule has 1 fully saturated rings. The molecule has 2 aromatic rings. The van der Waals surface area contributed by atoms with Gasteiger partial charge in [0, 0.05) is 17.7 Å². The van der Waals surface area contributed by atoms with Crippen molar-refractivity contribution in [3.8, 4) is 0 Å². The van der Waals surface area contributed by atoms with E-state index < -0.39 is 5.79 Å². The fraction of sp³-hybridized carbons (Fsp3) is 0.455. The fourth-order valence-corrected chi connectivity index (χ4v) is 4.19. The van der Waals surface area contributed by atoms with Gasteiger partial charge in [0.2, 0.25) is 5.79 Å². The Balaban J connectivity index is 1.76. The van der Waals surface area contributed by atoms with Gasteiger partial charge in [-0.1, -0.05) is 62.4 Å². The van der Waals surface area contributed by atoms with Gasteiger partial charge < -0.3 is 14.4 Å². The predicted molar refractivity (Wildman–Crippen MR) is 99.7 cm³/mol. The number of rotatable bonds is 4. The van der Waals surface area contributed by atoms with Crippen LogP contribution in [0.1, 0.15) is 36.1 Å². The van der Waals surface area contributed by atoms with Gasteiger partial charge in [-0.05, 0) is 37.1 Å². The molecule has 3 nitrogen and oxygen atoms in total. The summed E-state index contributed by atoms with van der Waals surface area (Å²) in [5.74, 6) is -0.749. The summed E-state index contributed by atoms with van der Waals surface area (Å²) in [6.45, 7) is 8.03. The van der Waals surface area contributed by atoms with Crippen LogP contribution < -0.4 is 0 Å². The molecule has 1 aliphatic carbocycles. The minimum Gasteiger partial charge on any atom is -0.339 e. The minimum atomic E-state index is -0.749. The molecule has 0 saturated carbocycles. The molecule has 0 N–H and O–H groups in total. The summed E-state index contributed by atoms with van der Waals surface area (Å²) >= 11 is 0. The molecule has 1 heterocycles. The first-order valence-corrected chi connectivity index (χ1v) is 9.47. The van der Waals surface area contributed by atoms with Crippen molar-refractivity contribution in [2.75, 3.05) is 26.2 Å². The van der Waals surface area contributed by atoms with Crippen molar-refractivity contribution >= 4 is 0 Å². The molecular formula is C22H27NO2. The van der Waals surface area contributed by atoms with Gasteiger partial charge in [0.1, 0.15) is 0 Å². The number of hydrogen-bond donors (Lipinski definition) is 0. The Hall–Kier alpha value is -1.68. The normalized spacial score (nSPS) is 21.2. The van der Waals surface area contributed by atoms with Crippen molar-refractivity contribution in [1.82, 2.24) is 4.90 Å². The molecule has 1 unspecified atom stereocenters. The van der Waals surface area contributed by atoms with Gasteiger partial charge in [-0.2, -0.15) is 0 Å². The van der Waals surface area contributed by atoms with Crippen LogP contribution in [-0.2, 0) is 28.1 Å². The zero-order chi connectivity index (χ0) is 17.3. The Bertz CT molecular complexity index is 691. The molecule has 0 aromatic heterocycles. The Morgan fingerprint density at radius 1 is 0.920 bits per heavy atom. The number of fused-ring (bicyclic) bond motifs is 4. The molecule has 25 heavy (non-hydrogen) atoms. The lowest BCUT2D eigenvalue weighted by atomic mass is 9.93. The average Bonchev–Trinajstić information content (AvgIpc) is 3.03. The molecule has 4 rings (SSSR count). The van der Waals surface area contributed by atoms with E-state index in [-0.39, 0.29) is 6.10 Å². The monoisotopic (exact) mass is 337 g/mol. The number of benzene rings is 2. The van der Waals surface area contributed by atoms with Crippen LogP contribution in [0.4, 0.5) is 0 Å². The summed E-state index contributed by atoms with van der Waals surface area (Å²) < 4.78 is 13.2. The van der Waals surface area contributed by atoms with Gasteiger partial charge in [0.15, 0.2) is 0 Å².